The minimum Gasteiger partial charge on any atom is -0.331 e. The van der Waals surface area contributed by atoms with Crippen molar-refractivity contribution in [3.8, 4) is 0 Å². The predicted molar refractivity (Wildman–Crippen MR) is 130 cm³/mol. The first-order valence-electron chi connectivity index (χ1n) is 11.2. The molecule has 1 aliphatic carbocycles. The molecule has 8 heteroatoms. The lowest BCUT2D eigenvalue weighted by atomic mass is 9.89. The van der Waals surface area contributed by atoms with Crippen LogP contribution in [0, 0.1) is 11.8 Å². The van der Waals surface area contributed by atoms with Gasteiger partial charge in [-0.25, -0.2) is 9.97 Å². The number of benzene rings is 1. The highest BCUT2D eigenvalue weighted by molar-refractivity contribution is 5.97. The summed E-state index contributed by atoms with van der Waals surface area (Å²) in [4.78, 5) is 24.9. The number of aromatic nitrogens is 3. The molecule has 1 aromatic carbocycles. The van der Waals surface area contributed by atoms with E-state index in [2.05, 4.69) is 49.0 Å². The molecule has 1 N–H and O–H groups in total. The van der Waals surface area contributed by atoms with Gasteiger partial charge in [0.1, 0.15) is 5.52 Å². The zero-order valence-electron chi connectivity index (χ0n) is 17.9. The number of nitrogens with one attached hydrogen (secondary N) is 1. The maximum absolute atomic E-state index is 13.6. The van der Waals surface area contributed by atoms with Gasteiger partial charge in [0.15, 0.2) is 5.65 Å². The van der Waals surface area contributed by atoms with E-state index in [-0.39, 0.29) is 36.8 Å². The molecule has 0 radical (unpaired) electrons. The fourth-order valence-corrected chi connectivity index (χ4v) is 5.86. The largest absolute Gasteiger partial charge is 0.331 e. The second-order valence-corrected chi connectivity index (χ2v) is 9.05. The number of likely N-dealkylation sites (tertiary alicyclic amines) is 1. The maximum Gasteiger partial charge on any atom is 0.256 e. The van der Waals surface area contributed by atoms with Crippen LogP contribution in [0.5, 0.6) is 0 Å². The smallest absolute Gasteiger partial charge is 0.256 e. The normalized spacial score (nSPS) is 24.9. The summed E-state index contributed by atoms with van der Waals surface area (Å²) in [5, 5.41) is 3.51. The van der Waals surface area contributed by atoms with E-state index in [9.17, 15) is 4.79 Å². The monoisotopic (exact) mass is 473 g/mol. The van der Waals surface area contributed by atoms with Crippen LogP contribution in [0.2, 0.25) is 0 Å². The summed E-state index contributed by atoms with van der Waals surface area (Å²) in [6, 6.07) is 13.0. The number of pyridine rings is 1. The van der Waals surface area contributed by atoms with Crippen molar-refractivity contribution in [3.63, 3.8) is 0 Å². The average Bonchev–Trinajstić information content (AvgIpc) is 3.56. The van der Waals surface area contributed by atoms with Gasteiger partial charge in [-0.15, -0.1) is 24.8 Å². The summed E-state index contributed by atoms with van der Waals surface area (Å²) >= 11 is 0. The summed E-state index contributed by atoms with van der Waals surface area (Å²) < 4.78 is 2.20. The first kappa shape index (κ1) is 23.0. The number of nitrogens with zero attached hydrogens (tertiary/aromatic N) is 4. The standard InChI is InChI=1S/C24H27N5O.2ClH/c30-24(17-10-21-23(26-12-17)29(15-27-21)19-8-4-5-9-19)28-14-18-11-25-13-20(18)22(28)16-6-2-1-3-7-16;;/h1-3,6-7,10,12,15,18-20,22,25H,4-5,8-9,11,13-14H2;2*1H/t18-,20-,22+;;/m0../s1. The molecule has 2 saturated heterocycles. The van der Waals surface area contributed by atoms with Gasteiger partial charge in [0.25, 0.3) is 5.91 Å². The van der Waals surface area contributed by atoms with Crippen LogP contribution >= 0.6 is 24.8 Å². The van der Waals surface area contributed by atoms with Crippen LogP contribution in [0.4, 0.5) is 0 Å². The van der Waals surface area contributed by atoms with Crippen LogP contribution in [-0.2, 0) is 0 Å². The molecular weight excluding hydrogens is 445 g/mol. The average molecular weight is 474 g/mol. The third-order valence-electron chi connectivity index (χ3n) is 7.34. The second-order valence-electron chi connectivity index (χ2n) is 9.05. The first-order valence-corrected chi connectivity index (χ1v) is 11.2. The Morgan fingerprint density at radius 2 is 1.81 bits per heavy atom. The summed E-state index contributed by atoms with van der Waals surface area (Å²) in [5.41, 5.74) is 3.60. The van der Waals surface area contributed by atoms with Gasteiger partial charge >= 0.3 is 0 Å². The number of halogens is 2. The minimum atomic E-state index is 0. The van der Waals surface area contributed by atoms with E-state index in [0.29, 0.717) is 23.4 Å². The third kappa shape index (κ3) is 3.78. The molecule has 4 heterocycles. The zero-order valence-corrected chi connectivity index (χ0v) is 19.5. The molecule has 170 valence electrons. The van der Waals surface area contributed by atoms with E-state index >= 15 is 0 Å². The number of carbonyl (C=O) groups excluding carboxylic acids is 1. The fourth-order valence-electron chi connectivity index (χ4n) is 5.86. The summed E-state index contributed by atoms with van der Waals surface area (Å²) in [6.07, 6.45) is 8.59. The molecule has 0 unspecified atom stereocenters. The number of amides is 1. The summed E-state index contributed by atoms with van der Waals surface area (Å²) in [6.45, 7) is 2.75. The van der Waals surface area contributed by atoms with Crippen molar-refractivity contribution in [1.82, 2.24) is 24.8 Å². The fraction of sp³-hybridized carbons (Fsp3) is 0.458. The van der Waals surface area contributed by atoms with Gasteiger partial charge in [-0.1, -0.05) is 43.2 Å². The Morgan fingerprint density at radius 1 is 1.03 bits per heavy atom. The number of carbonyl (C=O) groups is 1. The number of imidazole rings is 1. The van der Waals surface area contributed by atoms with E-state index in [1.807, 2.05) is 18.5 Å². The van der Waals surface area contributed by atoms with E-state index < -0.39 is 0 Å². The molecule has 3 atom stereocenters. The van der Waals surface area contributed by atoms with Crippen molar-refractivity contribution in [2.24, 2.45) is 11.8 Å². The van der Waals surface area contributed by atoms with Crippen LogP contribution in [0.15, 0.2) is 48.9 Å². The lowest BCUT2D eigenvalue weighted by Crippen LogP contribution is -2.34. The number of hydrogen-bond donors (Lipinski definition) is 1. The molecule has 2 aromatic heterocycles. The SMILES string of the molecule is Cl.Cl.O=C(c1cnc2c(c1)ncn2C1CCCC1)N1C[C@@H]2CNC[C@@H]2[C@H]1c1ccccc1. The molecule has 3 fully saturated rings. The van der Waals surface area contributed by atoms with Gasteiger partial charge in [0.05, 0.1) is 17.9 Å². The van der Waals surface area contributed by atoms with E-state index in [1.54, 1.807) is 6.20 Å². The van der Waals surface area contributed by atoms with E-state index in [4.69, 9.17) is 0 Å². The lowest BCUT2D eigenvalue weighted by Gasteiger charge is -2.28. The Kier molecular flexibility index (Phi) is 6.75. The van der Waals surface area contributed by atoms with Crippen LogP contribution in [0.3, 0.4) is 0 Å². The van der Waals surface area contributed by atoms with Crippen molar-refractivity contribution in [1.29, 1.82) is 0 Å². The number of fused-ring (bicyclic) bond motifs is 2. The highest BCUT2D eigenvalue weighted by Gasteiger charge is 2.46. The summed E-state index contributed by atoms with van der Waals surface area (Å²) in [5.74, 6) is 1.05. The highest BCUT2D eigenvalue weighted by Crippen LogP contribution is 2.43. The van der Waals surface area contributed by atoms with Crippen LogP contribution in [0.25, 0.3) is 11.2 Å². The van der Waals surface area contributed by atoms with Crippen molar-refractivity contribution >= 4 is 41.9 Å². The molecule has 0 spiro atoms. The lowest BCUT2D eigenvalue weighted by molar-refractivity contribution is 0.0714. The van der Waals surface area contributed by atoms with Crippen LogP contribution < -0.4 is 5.32 Å². The van der Waals surface area contributed by atoms with Crippen molar-refractivity contribution in [2.45, 2.75) is 37.8 Å². The van der Waals surface area contributed by atoms with Crippen molar-refractivity contribution in [3.05, 3.63) is 60.0 Å². The van der Waals surface area contributed by atoms with Gasteiger partial charge in [-0.2, -0.15) is 0 Å². The van der Waals surface area contributed by atoms with E-state index in [1.165, 1.54) is 31.2 Å². The second kappa shape index (κ2) is 9.38. The molecule has 3 aromatic rings. The molecule has 2 aliphatic heterocycles. The first-order chi connectivity index (χ1) is 14.8. The number of hydrogen-bond acceptors (Lipinski definition) is 4. The van der Waals surface area contributed by atoms with Crippen molar-refractivity contribution in [2.75, 3.05) is 19.6 Å². The van der Waals surface area contributed by atoms with E-state index in [0.717, 1.165) is 30.8 Å². The minimum absolute atomic E-state index is 0. The highest BCUT2D eigenvalue weighted by atomic mass is 35.5. The zero-order chi connectivity index (χ0) is 20.1. The Hall–Kier alpha value is -2.15. The Morgan fingerprint density at radius 3 is 2.59 bits per heavy atom. The molecule has 1 amide bonds. The van der Waals surface area contributed by atoms with Gasteiger partial charge in [0, 0.05) is 37.8 Å². The topological polar surface area (TPSA) is 63.1 Å². The van der Waals surface area contributed by atoms with Gasteiger partial charge < -0.3 is 14.8 Å². The predicted octanol–water partition coefficient (Wildman–Crippen LogP) is 4.42. The van der Waals surface area contributed by atoms with Gasteiger partial charge in [0.2, 0.25) is 0 Å². The maximum atomic E-state index is 13.6. The Bertz CT molecular complexity index is 1080. The Balaban J connectivity index is 0.00000122. The molecule has 32 heavy (non-hydrogen) atoms. The Labute approximate surface area is 200 Å². The van der Waals surface area contributed by atoms with Crippen LogP contribution in [0.1, 0.15) is 53.7 Å². The quantitative estimate of drug-likeness (QED) is 0.611. The molecule has 1 saturated carbocycles. The summed E-state index contributed by atoms with van der Waals surface area (Å²) in [7, 11) is 0. The molecule has 6 rings (SSSR count). The molecular formula is C24H29Cl2N5O. The van der Waals surface area contributed by atoms with Gasteiger partial charge in [-0.05, 0) is 30.4 Å². The molecule has 6 nitrogen and oxygen atoms in total. The number of rotatable bonds is 3. The third-order valence-corrected chi connectivity index (χ3v) is 7.34. The molecule has 0 bridgehead atoms. The van der Waals surface area contributed by atoms with Gasteiger partial charge in [-0.3, -0.25) is 4.79 Å². The van der Waals surface area contributed by atoms with Crippen molar-refractivity contribution < 1.29 is 4.79 Å². The molecule has 3 aliphatic rings. The van der Waals surface area contributed by atoms with Crippen LogP contribution in [-0.4, -0.2) is 45.0 Å².